The topological polar surface area (TPSA) is 61.4 Å². The molecule has 0 unspecified atom stereocenters. The van der Waals surface area contributed by atoms with Crippen LogP contribution in [0, 0.1) is 6.92 Å². The molecule has 0 spiro atoms. The van der Waals surface area contributed by atoms with Crippen molar-refractivity contribution in [1.29, 1.82) is 0 Å². The fourth-order valence-electron chi connectivity index (χ4n) is 2.56. The highest BCUT2D eigenvalue weighted by Crippen LogP contribution is 2.14. The van der Waals surface area contributed by atoms with Gasteiger partial charge in [-0.3, -0.25) is 4.79 Å². The predicted octanol–water partition coefficient (Wildman–Crippen LogP) is 1.92. The zero-order valence-electron chi connectivity index (χ0n) is 13.5. The van der Waals surface area contributed by atoms with E-state index < -0.39 is 0 Å². The van der Waals surface area contributed by atoms with Gasteiger partial charge in [0.1, 0.15) is 5.69 Å². The van der Waals surface area contributed by atoms with E-state index in [2.05, 4.69) is 27.2 Å². The second-order valence-corrected chi connectivity index (χ2v) is 5.80. The summed E-state index contributed by atoms with van der Waals surface area (Å²) in [4.78, 5) is 25.5. The van der Waals surface area contributed by atoms with Gasteiger partial charge in [0.05, 0.1) is 0 Å². The highest BCUT2D eigenvalue weighted by Gasteiger charge is 2.22. The van der Waals surface area contributed by atoms with Crippen LogP contribution in [0.15, 0.2) is 36.4 Å². The summed E-state index contributed by atoms with van der Waals surface area (Å²) in [6, 6.07) is 11.5. The number of aromatic nitrogens is 2. The summed E-state index contributed by atoms with van der Waals surface area (Å²) < 4.78 is 0. The van der Waals surface area contributed by atoms with E-state index in [1.54, 1.807) is 6.07 Å². The third-order valence-electron chi connectivity index (χ3n) is 3.89. The first-order valence-electron chi connectivity index (χ1n) is 7.77. The number of anilines is 2. The Kier molecular flexibility index (Phi) is 4.52. The fourth-order valence-corrected chi connectivity index (χ4v) is 2.56. The van der Waals surface area contributed by atoms with E-state index in [-0.39, 0.29) is 5.91 Å². The highest BCUT2D eigenvalue weighted by atomic mass is 16.2. The summed E-state index contributed by atoms with van der Waals surface area (Å²) in [5, 5.41) is 3.15. The molecule has 1 N–H and O–H groups in total. The van der Waals surface area contributed by atoms with E-state index in [4.69, 9.17) is 0 Å². The molecule has 6 nitrogen and oxygen atoms in total. The summed E-state index contributed by atoms with van der Waals surface area (Å²) >= 11 is 0. The van der Waals surface area contributed by atoms with Crippen molar-refractivity contribution in [3.63, 3.8) is 0 Å². The molecular weight excluding hydrogens is 290 g/mol. The van der Waals surface area contributed by atoms with Gasteiger partial charge < -0.3 is 15.1 Å². The number of carbonyl (C=O) groups excluding carboxylic acids is 1. The molecule has 1 fully saturated rings. The van der Waals surface area contributed by atoms with Gasteiger partial charge in [-0.2, -0.15) is 0 Å². The number of nitrogens with zero attached hydrogens (tertiary/aromatic N) is 4. The van der Waals surface area contributed by atoms with Crippen LogP contribution in [-0.4, -0.2) is 58.9 Å². The van der Waals surface area contributed by atoms with Crippen LogP contribution in [0.1, 0.15) is 16.2 Å². The number of hydrogen-bond acceptors (Lipinski definition) is 5. The van der Waals surface area contributed by atoms with E-state index in [1.165, 1.54) is 0 Å². The third kappa shape index (κ3) is 3.84. The van der Waals surface area contributed by atoms with Gasteiger partial charge in [0.15, 0.2) is 0 Å². The highest BCUT2D eigenvalue weighted by molar-refractivity contribution is 5.92. The molecule has 1 aromatic heterocycles. The van der Waals surface area contributed by atoms with Crippen LogP contribution in [0.3, 0.4) is 0 Å². The summed E-state index contributed by atoms with van der Waals surface area (Å²) in [5.41, 5.74) is 2.12. The molecule has 120 valence electrons. The Labute approximate surface area is 136 Å². The number of para-hydroxylation sites is 1. The van der Waals surface area contributed by atoms with Gasteiger partial charge in [-0.05, 0) is 32.2 Å². The van der Waals surface area contributed by atoms with Crippen LogP contribution in [0.25, 0.3) is 0 Å². The molecule has 6 heteroatoms. The lowest BCUT2D eigenvalue weighted by Gasteiger charge is -2.32. The standard InChI is InChI=1S/C17H21N5O/c1-13-12-15(16(23)22-10-8-21(2)9-11-22)20-17(18-13)19-14-6-4-3-5-7-14/h3-7,12H,8-11H2,1-2H3,(H,18,19,20). The largest absolute Gasteiger partial charge is 0.335 e. The number of hydrogen-bond donors (Lipinski definition) is 1. The average molecular weight is 311 g/mol. The molecule has 0 aliphatic carbocycles. The van der Waals surface area contributed by atoms with Gasteiger partial charge in [-0.15, -0.1) is 0 Å². The van der Waals surface area contributed by atoms with Gasteiger partial charge in [0, 0.05) is 37.6 Å². The number of rotatable bonds is 3. The SMILES string of the molecule is Cc1cc(C(=O)N2CCN(C)CC2)nc(Nc2ccccc2)n1. The first-order valence-corrected chi connectivity index (χ1v) is 7.77. The minimum Gasteiger partial charge on any atom is -0.335 e. The molecule has 1 saturated heterocycles. The quantitative estimate of drug-likeness (QED) is 0.938. The Morgan fingerprint density at radius 3 is 2.48 bits per heavy atom. The molecule has 0 radical (unpaired) electrons. The number of nitrogens with one attached hydrogen (secondary N) is 1. The first-order chi connectivity index (χ1) is 11.1. The van der Waals surface area contributed by atoms with E-state index >= 15 is 0 Å². The molecule has 1 amide bonds. The van der Waals surface area contributed by atoms with Crippen molar-refractivity contribution >= 4 is 17.5 Å². The minimum absolute atomic E-state index is 0.0280. The maximum Gasteiger partial charge on any atom is 0.272 e. The molecule has 1 aliphatic rings. The van der Waals surface area contributed by atoms with Crippen molar-refractivity contribution in [3.8, 4) is 0 Å². The molecular formula is C17H21N5O. The van der Waals surface area contributed by atoms with E-state index in [9.17, 15) is 4.79 Å². The van der Waals surface area contributed by atoms with Crippen molar-refractivity contribution < 1.29 is 4.79 Å². The normalized spacial score (nSPS) is 15.5. The van der Waals surface area contributed by atoms with Crippen LogP contribution in [0.4, 0.5) is 11.6 Å². The second kappa shape index (κ2) is 6.75. The van der Waals surface area contributed by atoms with E-state index in [1.807, 2.05) is 42.2 Å². The third-order valence-corrected chi connectivity index (χ3v) is 3.89. The van der Waals surface area contributed by atoms with Crippen LogP contribution in [-0.2, 0) is 0 Å². The smallest absolute Gasteiger partial charge is 0.272 e. The Morgan fingerprint density at radius 2 is 1.78 bits per heavy atom. The Hall–Kier alpha value is -2.47. The lowest BCUT2D eigenvalue weighted by molar-refractivity contribution is 0.0658. The maximum atomic E-state index is 12.7. The van der Waals surface area contributed by atoms with Crippen molar-refractivity contribution in [2.45, 2.75) is 6.92 Å². The first kappa shape index (κ1) is 15.4. The molecule has 3 rings (SSSR count). The van der Waals surface area contributed by atoms with Crippen molar-refractivity contribution in [2.24, 2.45) is 0 Å². The average Bonchev–Trinajstić information content (AvgIpc) is 2.55. The number of piperazine rings is 1. The lowest BCUT2D eigenvalue weighted by atomic mass is 10.2. The molecule has 0 bridgehead atoms. The summed E-state index contributed by atoms with van der Waals surface area (Å²) in [5.74, 6) is 0.424. The van der Waals surface area contributed by atoms with Gasteiger partial charge in [0.25, 0.3) is 5.91 Å². The van der Waals surface area contributed by atoms with Crippen molar-refractivity contribution in [2.75, 3.05) is 38.5 Å². The fraction of sp³-hybridized carbons (Fsp3) is 0.353. The van der Waals surface area contributed by atoms with Crippen LogP contribution in [0.2, 0.25) is 0 Å². The number of likely N-dealkylation sites (N-methyl/N-ethyl adjacent to an activating group) is 1. The van der Waals surface area contributed by atoms with E-state index in [0.717, 1.165) is 37.6 Å². The number of benzene rings is 1. The molecule has 0 saturated carbocycles. The molecule has 23 heavy (non-hydrogen) atoms. The number of amides is 1. The summed E-state index contributed by atoms with van der Waals surface area (Å²) in [7, 11) is 2.07. The van der Waals surface area contributed by atoms with Crippen LogP contribution in [0.5, 0.6) is 0 Å². The molecule has 2 heterocycles. The summed E-state index contributed by atoms with van der Waals surface area (Å²) in [6.07, 6.45) is 0. The number of carbonyl (C=O) groups is 1. The van der Waals surface area contributed by atoms with Crippen molar-refractivity contribution in [3.05, 3.63) is 47.8 Å². The zero-order chi connectivity index (χ0) is 16.2. The number of aryl methyl sites for hydroxylation is 1. The molecule has 1 aliphatic heterocycles. The molecule has 0 atom stereocenters. The predicted molar refractivity (Wildman–Crippen MR) is 89.9 cm³/mol. The van der Waals surface area contributed by atoms with Crippen LogP contribution >= 0.6 is 0 Å². The zero-order valence-corrected chi connectivity index (χ0v) is 13.5. The second-order valence-electron chi connectivity index (χ2n) is 5.80. The van der Waals surface area contributed by atoms with Gasteiger partial charge >= 0.3 is 0 Å². The minimum atomic E-state index is -0.0280. The molecule has 1 aromatic carbocycles. The maximum absolute atomic E-state index is 12.7. The van der Waals surface area contributed by atoms with Gasteiger partial charge in [-0.25, -0.2) is 9.97 Å². The van der Waals surface area contributed by atoms with Gasteiger partial charge in [-0.1, -0.05) is 18.2 Å². The Morgan fingerprint density at radius 1 is 1.09 bits per heavy atom. The molecule has 2 aromatic rings. The van der Waals surface area contributed by atoms with Gasteiger partial charge in [0.2, 0.25) is 5.95 Å². The van der Waals surface area contributed by atoms with Crippen molar-refractivity contribution in [1.82, 2.24) is 19.8 Å². The van der Waals surface area contributed by atoms with E-state index in [0.29, 0.717) is 11.6 Å². The summed E-state index contributed by atoms with van der Waals surface area (Å²) in [6.45, 7) is 5.13. The lowest BCUT2D eigenvalue weighted by Crippen LogP contribution is -2.47. The monoisotopic (exact) mass is 311 g/mol. The Balaban J connectivity index is 1.78. The Bertz CT molecular complexity index is 681. The van der Waals surface area contributed by atoms with Crippen LogP contribution < -0.4 is 5.32 Å².